The summed E-state index contributed by atoms with van der Waals surface area (Å²) in [5.74, 6) is -0.956. The van der Waals surface area contributed by atoms with E-state index in [0.29, 0.717) is 5.82 Å². The van der Waals surface area contributed by atoms with Crippen molar-refractivity contribution in [3.63, 3.8) is 0 Å². The van der Waals surface area contributed by atoms with E-state index in [1.165, 1.54) is 14.2 Å². The maximum atomic E-state index is 11.7. The summed E-state index contributed by atoms with van der Waals surface area (Å²) in [7, 11) is 2.46. The summed E-state index contributed by atoms with van der Waals surface area (Å²) < 4.78 is 9.23. The van der Waals surface area contributed by atoms with Gasteiger partial charge in [-0.15, -0.1) is 0 Å². The fraction of sp³-hybridized carbons (Fsp3) is 0.214. The zero-order valence-electron chi connectivity index (χ0n) is 11.4. The van der Waals surface area contributed by atoms with Gasteiger partial charge in [0, 0.05) is 5.56 Å². The number of methoxy groups -OCH3 is 2. The number of carbonyl (C=O) groups excluding carboxylic acids is 2. The van der Waals surface area contributed by atoms with E-state index in [0.717, 1.165) is 11.1 Å². The Labute approximate surface area is 115 Å². The van der Waals surface area contributed by atoms with Crippen LogP contribution in [0.5, 0.6) is 0 Å². The van der Waals surface area contributed by atoms with Gasteiger partial charge in [0.05, 0.1) is 14.2 Å². The number of benzene rings is 1. The Bertz CT molecular complexity index is 610. The van der Waals surface area contributed by atoms with Gasteiger partial charge >= 0.3 is 11.9 Å². The van der Waals surface area contributed by atoms with Gasteiger partial charge in [0.1, 0.15) is 5.82 Å². The van der Waals surface area contributed by atoms with Crippen LogP contribution in [0, 0.1) is 6.92 Å². The minimum atomic E-state index is -0.694. The topological polar surface area (TPSA) is 81.3 Å². The van der Waals surface area contributed by atoms with Gasteiger partial charge in [-0.2, -0.15) is 0 Å². The third-order valence-corrected chi connectivity index (χ3v) is 2.80. The average Bonchev–Trinajstić information content (AvgIpc) is 2.91. The maximum absolute atomic E-state index is 11.7. The first-order valence-corrected chi connectivity index (χ1v) is 5.90. The lowest BCUT2D eigenvalue weighted by Crippen LogP contribution is -2.11. The molecular formula is C14H14N2O4. The lowest BCUT2D eigenvalue weighted by molar-refractivity contribution is 0.0548. The molecule has 6 nitrogen and oxygen atoms in total. The second-order valence-electron chi connectivity index (χ2n) is 4.16. The molecule has 1 heterocycles. The van der Waals surface area contributed by atoms with Crippen LogP contribution in [0.2, 0.25) is 0 Å². The van der Waals surface area contributed by atoms with Crippen LogP contribution in [0.1, 0.15) is 26.5 Å². The molecule has 0 spiro atoms. The summed E-state index contributed by atoms with van der Waals surface area (Å²) in [6.45, 7) is 1.96. The number of ether oxygens (including phenoxy) is 2. The van der Waals surface area contributed by atoms with Crippen LogP contribution in [0.15, 0.2) is 24.3 Å². The predicted octanol–water partition coefficient (Wildman–Crippen LogP) is 1.96. The number of nitrogens with one attached hydrogen (secondary N) is 1. The first-order valence-electron chi connectivity index (χ1n) is 5.90. The van der Waals surface area contributed by atoms with Crippen LogP contribution in [-0.2, 0) is 9.47 Å². The summed E-state index contributed by atoms with van der Waals surface area (Å²) in [5.41, 5.74) is 1.75. The van der Waals surface area contributed by atoms with E-state index in [2.05, 4.69) is 19.4 Å². The van der Waals surface area contributed by atoms with Crippen LogP contribution in [0.3, 0.4) is 0 Å². The first-order chi connectivity index (χ1) is 9.56. The highest BCUT2D eigenvalue weighted by Gasteiger charge is 2.24. The lowest BCUT2D eigenvalue weighted by Gasteiger charge is -1.98. The summed E-state index contributed by atoms with van der Waals surface area (Å²) in [4.78, 5) is 30.2. The summed E-state index contributed by atoms with van der Waals surface area (Å²) in [5, 5.41) is 0. The van der Waals surface area contributed by atoms with Gasteiger partial charge < -0.3 is 14.5 Å². The fourth-order valence-electron chi connectivity index (χ4n) is 1.72. The Morgan fingerprint density at radius 1 is 1.05 bits per heavy atom. The second kappa shape index (κ2) is 5.56. The Morgan fingerprint density at radius 3 is 2.20 bits per heavy atom. The molecule has 104 valence electrons. The lowest BCUT2D eigenvalue weighted by atomic mass is 10.1. The van der Waals surface area contributed by atoms with Crippen molar-refractivity contribution in [2.45, 2.75) is 6.92 Å². The number of nitrogens with zero attached hydrogens (tertiary/aromatic N) is 1. The van der Waals surface area contributed by atoms with E-state index in [4.69, 9.17) is 0 Å². The Kier molecular flexibility index (Phi) is 3.84. The van der Waals surface area contributed by atoms with Crippen LogP contribution in [0.4, 0.5) is 0 Å². The summed E-state index contributed by atoms with van der Waals surface area (Å²) in [6.07, 6.45) is 0. The molecule has 0 aliphatic rings. The minimum Gasteiger partial charge on any atom is -0.464 e. The maximum Gasteiger partial charge on any atom is 0.359 e. The fourth-order valence-corrected chi connectivity index (χ4v) is 1.72. The molecule has 0 saturated heterocycles. The SMILES string of the molecule is COC(=O)c1nc(-c2ccc(C)cc2)[nH]c1C(=O)OC. The number of aryl methyl sites for hydroxylation is 1. The highest BCUT2D eigenvalue weighted by Crippen LogP contribution is 2.20. The molecule has 0 bridgehead atoms. The van der Waals surface area contributed by atoms with Crippen LogP contribution < -0.4 is 0 Å². The van der Waals surface area contributed by atoms with Crippen molar-refractivity contribution in [2.24, 2.45) is 0 Å². The molecule has 0 amide bonds. The number of rotatable bonds is 3. The van der Waals surface area contributed by atoms with E-state index >= 15 is 0 Å². The molecule has 1 aromatic carbocycles. The number of aromatic nitrogens is 2. The predicted molar refractivity (Wildman–Crippen MR) is 71.4 cm³/mol. The minimum absolute atomic E-state index is 0.0186. The molecule has 2 aromatic rings. The molecule has 0 aliphatic heterocycles. The molecule has 0 unspecified atom stereocenters. The van der Waals surface area contributed by atoms with Gasteiger partial charge in [0.2, 0.25) is 0 Å². The van der Waals surface area contributed by atoms with Crippen LogP contribution in [0.25, 0.3) is 11.4 Å². The highest BCUT2D eigenvalue weighted by atomic mass is 16.5. The molecular weight excluding hydrogens is 260 g/mol. The largest absolute Gasteiger partial charge is 0.464 e. The summed E-state index contributed by atoms with van der Waals surface area (Å²) >= 11 is 0. The smallest absolute Gasteiger partial charge is 0.359 e. The van der Waals surface area contributed by atoms with Crippen molar-refractivity contribution >= 4 is 11.9 Å². The molecule has 0 aliphatic carbocycles. The van der Waals surface area contributed by atoms with E-state index in [1.807, 2.05) is 31.2 Å². The zero-order valence-corrected chi connectivity index (χ0v) is 11.4. The van der Waals surface area contributed by atoms with Gasteiger partial charge in [-0.05, 0) is 6.92 Å². The monoisotopic (exact) mass is 274 g/mol. The number of carbonyl (C=O) groups is 2. The Balaban J connectivity index is 2.51. The van der Waals surface area contributed by atoms with E-state index in [-0.39, 0.29) is 11.4 Å². The normalized spacial score (nSPS) is 10.2. The average molecular weight is 274 g/mol. The molecule has 2 rings (SSSR count). The Hall–Kier alpha value is -2.63. The van der Waals surface area contributed by atoms with E-state index < -0.39 is 11.9 Å². The number of hydrogen-bond donors (Lipinski definition) is 1. The van der Waals surface area contributed by atoms with Gasteiger partial charge in [0.25, 0.3) is 0 Å². The van der Waals surface area contributed by atoms with Gasteiger partial charge in [-0.25, -0.2) is 14.6 Å². The number of hydrogen-bond acceptors (Lipinski definition) is 5. The first kappa shape index (κ1) is 13.8. The molecule has 0 atom stereocenters. The number of imidazole rings is 1. The van der Waals surface area contributed by atoms with E-state index in [1.54, 1.807) is 0 Å². The van der Waals surface area contributed by atoms with Gasteiger partial charge in [0.15, 0.2) is 11.4 Å². The van der Waals surface area contributed by atoms with Crippen molar-refractivity contribution in [1.29, 1.82) is 0 Å². The molecule has 0 saturated carbocycles. The van der Waals surface area contributed by atoms with Crippen molar-refractivity contribution in [2.75, 3.05) is 14.2 Å². The molecule has 0 radical (unpaired) electrons. The number of H-pyrrole nitrogens is 1. The number of esters is 2. The van der Waals surface area contributed by atoms with Crippen molar-refractivity contribution in [3.05, 3.63) is 41.2 Å². The van der Waals surface area contributed by atoms with Crippen molar-refractivity contribution in [3.8, 4) is 11.4 Å². The third kappa shape index (κ3) is 2.54. The quantitative estimate of drug-likeness (QED) is 0.865. The van der Waals surface area contributed by atoms with Crippen LogP contribution in [-0.4, -0.2) is 36.1 Å². The third-order valence-electron chi connectivity index (χ3n) is 2.80. The molecule has 20 heavy (non-hydrogen) atoms. The molecule has 1 aromatic heterocycles. The second-order valence-corrected chi connectivity index (χ2v) is 4.16. The molecule has 0 fully saturated rings. The zero-order chi connectivity index (χ0) is 14.7. The number of aromatic amines is 1. The Morgan fingerprint density at radius 2 is 1.65 bits per heavy atom. The van der Waals surface area contributed by atoms with Crippen molar-refractivity contribution in [1.82, 2.24) is 9.97 Å². The van der Waals surface area contributed by atoms with Crippen molar-refractivity contribution < 1.29 is 19.1 Å². The van der Waals surface area contributed by atoms with Crippen LogP contribution >= 0.6 is 0 Å². The van der Waals surface area contributed by atoms with E-state index in [9.17, 15) is 9.59 Å². The van der Waals surface area contributed by atoms with Gasteiger partial charge in [-0.3, -0.25) is 0 Å². The molecule has 6 heteroatoms. The van der Waals surface area contributed by atoms with Gasteiger partial charge in [-0.1, -0.05) is 29.8 Å². The highest BCUT2D eigenvalue weighted by molar-refractivity contribution is 6.01. The standard InChI is InChI=1S/C14H14N2O4/c1-8-4-6-9(7-5-8)12-15-10(13(17)19-2)11(16-12)14(18)20-3/h4-7H,1-3H3,(H,15,16). The summed E-state index contributed by atoms with van der Waals surface area (Å²) in [6, 6.07) is 7.51. The molecule has 1 N–H and O–H groups in total.